The smallest absolute Gasteiger partial charge is 0.231 e. The number of rotatable bonds is 3. The van der Waals surface area contributed by atoms with Gasteiger partial charge < -0.3 is 4.90 Å². The van der Waals surface area contributed by atoms with E-state index >= 15 is 0 Å². The molecule has 1 aromatic rings. The zero-order valence-electron chi connectivity index (χ0n) is 12.0. The summed E-state index contributed by atoms with van der Waals surface area (Å²) in [4.78, 5) is 14.3. The zero-order chi connectivity index (χ0) is 14.8. The SMILES string of the molecule is CCN(C(=O)C1CCCS(=O)(=O)C1)c1cccc(C)c1. The summed E-state index contributed by atoms with van der Waals surface area (Å²) >= 11 is 0. The highest BCUT2D eigenvalue weighted by atomic mass is 32.2. The first kappa shape index (κ1) is 15.0. The largest absolute Gasteiger partial charge is 0.312 e. The van der Waals surface area contributed by atoms with Crippen molar-refractivity contribution in [2.24, 2.45) is 5.92 Å². The summed E-state index contributed by atoms with van der Waals surface area (Å²) in [5, 5.41) is 0. The van der Waals surface area contributed by atoms with Crippen molar-refractivity contribution in [1.29, 1.82) is 0 Å². The highest BCUT2D eigenvalue weighted by Gasteiger charge is 2.32. The Hall–Kier alpha value is -1.36. The van der Waals surface area contributed by atoms with Gasteiger partial charge in [-0.1, -0.05) is 12.1 Å². The minimum absolute atomic E-state index is 0.00580. The van der Waals surface area contributed by atoms with Crippen LogP contribution in [0.2, 0.25) is 0 Å². The Bertz CT molecular complexity index is 595. The maximum atomic E-state index is 12.6. The van der Waals surface area contributed by atoms with Gasteiger partial charge in [0.05, 0.1) is 17.4 Å². The lowest BCUT2D eigenvalue weighted by molar-refractivity contribution is -0.122. The molecule has 1 aromatic carbocycles. The van der Waals surface area contributed by atoms with Gasteiger partial charge >= 0.3 is 0 Å². The van der Waals surface area contributed by atoms with Crippen LogP contribution in [-0.4, -0.2) is 32.4 Å². The third-order valence-corrected chi connectivity index (χ3v) is 5.53. The Morgan fingerprint density at radius 2 is 2.15 bits per heavy atom. The number of amides is 1. The van der Waals surface area contributed by atoms with Crippen molar-refractivity contribution >= 4 is 21.4 Å². The maximum Gasteiger partial charge on any atom is 0.231 e. The Balaban J connectivity index is 2.21. The fourth-order valence-corrected chi connectivity index (χ4v) is 4.39. The topological polar surface area (TPSA) is 54.5 Å². The fourth-order valence-electron chi connectivity index (χ4n) is 2.70. The number of aryl methyl sites for hydroxylation is 1. The molecule has 0 N–H and O–H groups in total. The van der Waals surface area contributed by atoms with E-state index in [4.69, 9.17) is 0 Å². The second-order valence-corrected chi connectivity index (χ2v) is 7.60. The first-order valence-corrected chi connectivity index (χ1v) is 8.83. The highest BCUT2D eigenvalue weighted by molar-refractivity contribution is 7.91. The molecule has 110 valence electrons. The molecule has 0 bridgehead atoms. The van der Waals surface area contributed by atoms with Crippen LogP contribution in [0.1, 0.15) is 25.3 Å². The molecular weight excluding hydrogens is 274 g/mol. The molecule has 20 heavy (non-hydrogen) atoms. The van der Waals surface area contributed by atoms with Crippen LogP contribution in [-0.2, 0) is 14.6 Å². The lowest BCUT2D eigenvalue weighted by Gasteiger charge is -2.28. The van der Waals surface area contributed by atoms with E-state index in [9.17, 15) is 13.2 Å². The summed E-state index contributed by atoms with van der Waals surface area (Å²) in [6.45, 7) is 4.45. The van der Waals surface area contributed by atoms with E-state index in [0.29, 0.717) is 19.4 Å². The van der Waals surface area contributed by atoms with Crippen molar-refractivity contribution in [2.75, 3.05) is 23.0 Å². The molecule has 1 saturated heterocycles. The second-order valence-electron chi connectivity index (χ2n) is 5.38. The third kappa shape index (κ3) is 3.39. The molecule has 1 unspecified atom stereocenters. The van der Waals surface area contributed by atoms with Gasteiger partial charge in [-0.05, 0) is 44.4 Å². The first-order chi connectivity index (χ1) is 9.43. The zero-order valence-corrected chi connectivity index (χ0v) is 12.8. The van der Waals surface area contributed by atoms with Gasteiger partial charge in [0.25, 0.3) is 0 Å². The van der Waals surface area contributed by atoms with Crippen molar-refractivity contribution in [3.05, 3.63) is 29.8 Å². The van der Waals surface area contributed by atoms with Crippen LogP contribution in [0, 0.1) is 12.8 Å². The van der Waals surface area contributed by atoms with E-state index in [1.807, 2.05) is 38.1 Å². The molecule has 1 aliphatic rings. The predicted molar refractivity (Wildman–Crippen MR) is 80.6 cm³/mol. The molecular formula is C15H21NO3S. The number of nitrogens with zero attached hydrogens (tertiary/aromatic N) is 1. The number of sulfone groups is 1. The Morgan fingerprint density at radius 1 is 1.40 bits per heavy atom. The molecule has 1 atom stereocenters. The molecule has 4 nitrogen and oxygen atoms in total. The van der Waals surface area contributed by atoms with Gasteiger partial charge in [0.1, 0.15) is 0 Å². The van der Waals surface area contributed by atoms with Gasteiger partial charge in [0, 0.05) is 12.2 Å². The number of benzene rings is 1. The first-order valence-electron chi connectivity index (χ1n) is 7.01. The summed E-state index contributed by atoms with van der Waals surface area (Å²) in [6.07, 6.45) is 1.25. The van der Waals surface area contributed by atoms with Crippen LogP contribution < -0.4 is 4.90 Å². The van der Waals surface area contributed by atoms with Crippen LogP contribution in [0.4, 0.5) is 5.69 Å². The predicted octanol–water partition coefficient (Wildman–Crippen LogP) is 2.17. The molecule has 0 saturated carbocycles. The van der Waals surface area contributed by atoms with Crippen molar-refractivity contribution in [3.8, 4) is 0 Å². The van der Waals surface area contributed by atoms with Crippen LogP contribution in [0.3, 0.4) is 0 Å². The van der Waals surface area contributed by atoms with E-state index in [1.54, 1.807) is 4.90 Å². The quantitative estimate of drug-likeness (QED) is 0.859. The summed E-state index contributed by atoms with van der Waals surface area (Å²) in [5.74, 6) is -0.253. The van der Waals surface area contributed by atoms with Gasteiger partial charge in [-0.15, -0.1) is 0 Å². The molecule has 0 aromatic heterocycles. The Labute approximate surface area is 120 Å². The monoisotopic (exact) mass is 295 g/mol. The number of carbonyl (C=O) groups is 1. The standard InChI is InChI=1S/C15H21NO3S/c1-3-16(14-8-4-6-12(2)10-14)15(17)13-7-5-9-20(18,19)11-13/h4,6,8,10,13H,3,5,7,9,11H2,1-2H3. The second kappa shape index (κ2) is 5.95. The van der Waals surface area contributed by atoms with Crippen LogP contribution in [0.15, 0.2) is 24.3 Å². The van der Waals surface area contributed by atoms with Gasteiger partial charge in [-0.2, -0.15) is 0 Å². The number of carbonyl (C=O) groups excluding carboxylic acids is 1. The highest BCUT2D eigenvalue weighted by Crippen LogP contribution is 2.24. The lowest BCUT2D eigenvalue weighted by Crippen LogP contribution is -2.41. The van der Waals surface area contributed by atoms with Gasteiger partial charge in [0.15, 0.2) is 9.84 Å². The van der Waals surface area contributed by atoms with Crippen molar-refractivity contribution in [1.82, 2.24) is 0 Å². The number of hydrogen-bond acceptors (Lipinski definition) is 3. The molecule has 1 amide bonds. The molecule has 0 aliphatic carbocycles. The minimum Gasteiger partial charge on any atom is -0.312 e. The summed E-state index contributed by atoms with van der Waals surface area (Å²) < 4.78 is 23.4. The Morgan fingerprint density at radius 3 is 2.75 bits per heavy atom. The molecule has 0 spiro atoms. The van der Waals surface area contributed by atoms with Crippen molar-refractivity contribution < 1.29 is 13.2 Å². The average Bonchev–Trinajstić information content (AvgIpc) is 2.38. The van der Waals surface area contributed by atoms with E-state index in [2.05, 4.69) is 0 Å². The van der Waals surface area contributed by atoms with E-state index in [1.165, 1.54) is 0 Å². The molecule has 1 heterocycles. The van der Waals surface area contributed by atoms with Crippen LogP contribution in [0.5, 0.6) is 0 Å². The molecule has 5 heteroatoms. The van der Waals surface area contributed by atoms with E-state index < -0.39 is 15.8 Å². The van der Waals surface area contributed by atoms with Gasteiger partial charge in [-0.3, -0.25) is 4.79 Å². The third-order valence-electron chi connectivity index (χ3n) is 3.71. The summed E-state index contributed by atoms with van der Waals surface area (Å²) in [5.41, 5.74) is 1.94. The van der Waals surface area contributed by atoms with E-state index in [0.717, 1.165) is 11.3 Å². The fraction of sp³-hybridized carbons (Fsp3) is 0.533. The van der Waals surface area contributed by atoms with Gasteiger partial charge in [-0.25, -0.2) is 8.42 Å². The van der Waals surface area contributed by atoms with Crippen molar-refractivity contribution in [3.63, 3.8) is 0 Å². The molecule has 1 fully saturated rings. The maximum absolute atomic E-state index is 12.6. The average molecular weight is 295 g/mol. The summed E-state index contributed by atoms with van der Waals surface area (Å²) in [6, 6.07) is 7.75. The number of hydrogen-bond donors (Lipinski definition) is 0. The van der Waals surface area contributed by atoms with Gasteiger partial charge in [0.2, 0.25) is 5.91 Å². The molecule has 1 aliphatic heterocycles. The van der Waals surface area contributed by atoms with E-state index in [-0.39, 0.29) is 17.4 Å². The van der Waals surface area contributed by atoms with Crippen LogP contribution in [0.25, 0.3) is 0 Å². The lowest BCUT2D eigenvalue weighted by atomic mass is 10.0. The number of anilines is 1. The summed E-state index contributed by atoms with van der Waals surface area (Å²) in [7, 11) is -3.06. The Kier molecular flexibility index (Phi) is 4.48. The van der Waals surface area contributed by atoms with Crippen LogP contribution >= 0.6 is 0 Å². The normalized spacial score (nSPS) is 21.4. The molecule has 0 radical (unpaired) electrons. The molecule has 2 rings (SSSR count). The minimum atomic E-state index is -3.06. The van der Waals surface area contributed by atoms with Crippen molar-refractivity contribution in [2.45, 2.75) is 26.7 Å².